The van der Waals surface area contributed by atoms with E-state index >= 15 is 0 Å². The first kappa shape index (κ1) is 10.4. The van der Waals surface area contributed by atoms with Crippen molar-refractivity contribution in [1.29, 1.82) is 0 Å². The molecule has 0 aliphatic heterocycles. The lowest BCUT2D eigenvalue weighted by molar-refractivity contribution is 0.555. The highest BCUT2D eigenvalue weighted by Crippen LogP contribution is 2.25. The van der Waals surface area contributed by atoms with E-state index in [9.17, 15) is 13.2 Å². The maximum atomic E-state index is 11.1. The van der Waals surface area contributed by atoms with E-state index in [0.717, 1.165) is 0 Å². The van der Waals surface area contributed by atoms with E-state index in [1.54, 1.807) is 0 Å². The number of hydrogen-bond acceptors (Lipinski definition) is 4. The van der Waals surface area contributed by atoms with E-state index in [1.807, 2.05) is 0 Å². The van der Waals surface area contributed by atoms with Crippen LogP contribution in [0.1, 0.15) is 0 Å². The first-order chi connectivity index (χ1) is 6.88. The average Bonchev–Trinajstić information content (AvgIpc) is 2.40. The molecule has 0 aliphatic rings. The Kier molecular flexibility index (Phi) is 2.21. The summed E-state index contributed by atoms with van der Waals surface area (Å²) < 4.78 is 27.2. The third-order valence-electron chi connectivity index (χ3n) is 1.78. The number of H-pyrrole nitrogens is 1. The van der Waals surface area contributed by atoms with Crippen LogP contribution in [-0.2, 0) is 10.0 Å². The summed E-state index contributed by atoms with van der Waals surface area (Å²) in [6.45, 7) is 0. The highest BCUT2D eigenvalue weighted by molar-refractivity contribution is 9.10. The van der Waals surface area contributed by atoms with Gasteiger partial charge in [0, 0.05) is 4.47 Å². The molecular weight excluding hydrogens is 288 g/mol. The van der Waals surface area contributed by atoms with Gasteiger partial charge >= 0.3 is 5.76 Å². The summed E-state index contributed by atoms with van der Waals surface area (Å²) in [6, 6.07) is 2.60. The van der Waals surface area contributed by atoms with Crippen molar-refractivity contribution in [3.05, 3.63) is 27.2 Å². The van der Waals surface area contributed by atoms with Crippen LogP contribution in [0, 0.1) is 0 Å². The van der Waals surface area contributed by atoms with Crippen LogP contribution in [0.5, 0.6) is 0 Å². The van der Waals surface area contributed by atoms with Gasteiger partial charge < -0.3 is 4.42 Å². The van der Waals surface area contributed by atoms with Gasteiger partial charge in [-0.3, -0.25) is 4.98 Å². The van der Waals surface area contributed by atoms with Crippen molar-refractivity contribution in [1.82, 2.24) is 4.98 Å². The molecular formula is C7H5BrN2O4S. The van der Waals surface area contributed by atoms with Gasteiger partial charge in [-0.1, -0.05) is 0 Å². The first-order valence-electron chi connectivity index (χ1n) is 3.73. The number of nitrogens with one attached hydrogen (secondary N) is 1. The minimum absolute atomic E-state index is 0.105. The molecule has 80 valence electrons. The minimum atomic E-state index is -3.83. The van der Waals surface area contributed by atoms with Crippen molar-refractivity contribution in [2.75, 3.05) is 0 Å². The molecule has 0 aliphatic carbocycles. The Labute approximate surface area is 92.3 Å². The largest absolute Gasteiger partial charge is 0.417 e. The standard InChI is InChI=1S/C7H5BrN2O4S/c8-3-1-5-4(10-7(11)14-5)2-6(3)15(9,12)13/h1-2H,(H,10,11)(H2,9,12,13). The highest BCUT2D eigenvalue weighted by atomic mass is 79.9. The van der Waals surface area contributed by atoms with E-state index in [4.69, 9.17) is 9.56 Å². The fraction of sp³-hybridized carbons (Fsp3) is 0. The van der Waals surface area contributed by atoms with Crippen LogP contribution in [0.2, 0.25) is 0 Å². The lowest BCUT2D eigenvalue weighted by Crippen LogP contribution is -2.12. The normalized spacial score (nSPS) is 12.1. The quantitative estimate of drug-likeness (QED) is 0.799. The predicted octanol–water partition coefficient (Wildman–Crippen LogP) is 0.531. The molecule has 3 N–H and O–H groups in total. The molecule has 0 bridgehead atoms. The molecule has 2 aromatic rings. The number of primary sulfonamides is 1. The second kappa shape index (κ2) is 3.19. The second-order valence-corrected chi connectivity index (χ2v) is 5.22. The van der Waals surface area contributed by atoms with Crippen LogP contribution < -0.4 is 10.9 Å². The molecule has 6 nitrogen and oxygen atoms in total. The number of aromatic nitrogens is 1. The third kappa shape index (κ3) is 1.83. The van der Waals surface area contributed by atoms with Crippen molar-refractivity contribution < 1.29 is 12.8 Å². The van der Waals surface area contributed by atoms with E-state index in [1.165, 1.54) is 12.1 Å². The van der Waals surface area contributed by atoms with E-state index in [0.29, 0.717) is 0 Å². The van der Waals surface area contributed by atoms with Crippen LogP contribution in [-0.4, -0.2) is 13.4 Å². The van der Waals surface area contributed by atoms with Crippen LogP contribution in [0.4, 0.5) is 0 Å². The third-order valence-corrected chi connectivity index (χ3v) is 3.65. The molecule has 0 fully saturated rings. The number of fused-ring (bicyclic) bond motifs is 1. The van der Waals surface area contributed by atoms with E-state index in [2.05, 4.69) is 20.9 Å². The maximum Gasteiger partial charge on any atom is 0.417 e. The summed E-state index contributed by atoms with van der Waals surface area (Å²) in [6.07, 6.45) is 0. The Bertz CT molecular complexity index is 685. The van der Waals surface area contributed by atoms with Crippen LogP contribution in [0.3, 0.4) is 0 Å². The molecule has 15 heavy (non-hydrogen) atoms. The number of sulfonamides is 1. The van der Waals surface area contributed by atoms with Gasteiger partial charge in [0.2, 0.25) is 10.0 Å². The van der Waals surface area contributed by atoms with Gasteiger partial charge in [-0.25, -0.2) is 18.4 Å². The number of rotatable bonds is 1. The molecule has 0 radical (unpaired) electrons. The Morgan fingerprint density at radius 2 is 2.07 bits per heavy atom. The Morgan fingerprint density at radius 1 is 1.40 bits per heavy atom. The lowest BCUT2D eigenvalue weighted by Gasteiger charge is -2.00. The van der Waals surface area contributed by atoms with Gasteiger partial charge in [-0.2, -0.15) is 0 Å². The highest BCUT2D eigenvalue weighted by Gasteiger charge is 2.15. The zero-order chi connectivity index (χ0) is 11.2. The molecule has 1 aromatic carbocycles. The topological polar surface area (TPSA) is 106 Å². The lowest BCUT2D eigenvalue weighted by atomic mass is 10.3. The predicted molar refractivity (Wildman–Crippen MR) is 55.9 cm³/mol. The SMILES string of the molecule is NS(=O)(=O)c1cc2[nH]c(=O)oc2cc1Br. The van der Waals surface area contributed by atoms with Gasteiger partial charge in [0.25, 0.3) is 0 Å². The number of hydrogen-bond donors (Lipinski definition) is 2. The van der Waals surface area contributed by atoms with Gasteiger partial charge in [0.05, 0.1) is 10.4 Å². The van der Waals surface area contributed by atoms with Gasteiger partial charge in [0.15, 0.2) is 5.58 Å². The van der Waals surface area contributed by atoms with Crippen molar-refractivity contribution in [3.63, 3.8) is 0 Å². The fourth-order valence-electron chi connectivity index (χ4n) is 1.17. The van der Waals surface area contributed by atoms with Crippen molar-refractivity contribution >= 4 is 37.1 Å². The minimum Gasteiger partial charge on any atom is -0.408 e. The number of benzene rings is 1. The zero-order valence-electron chi connectivity index (χ0n) is 7.15. The zero-order valence-corrected chi connectivity index (χ0v) is 9.55. The number of nitrogens with two attached hydrogens (primary N) is 1. The van der Waals surface area contributed by atoms with Crippen LogP contribution in [0.15, 0.2) is 30.7 Å². The molecule has 0 spiro atoms. The molecule has 2 rings (SSSR count). The van der Waals surface area contributed by atoms with Crippen LogP contribution in [0.25, 0.3) is 11.1 Å². The molecule has 0 saturated heterocycles. The van der Waals surface area contributed by atoms with Gasteiger partial charge in [0.1, 0.15) is 0 Å². The first-order valence-corrected chi connectivity index (χ1v) is 6.07. The Balaban J connectivity index is 2.89. The Morgan fingerprint density at radius 3 is 2.67 bits per heavy atom. The molecule has 0 atom stereocenters. The average molecular weight is 293 g/mol. The summed E-state index contributed by atoms with van der Waals surface area (Å²) in [5, 5.41) is 4.98. The van der Waals surface area contributed by atoms with Crippen LogP contribution >= 0.6 is 15.9 Å². The second-order valence-electron chi connectivity index (χ2n) is 2.84. The molecule has 1 aromatic heterocycles. The number of oxazole rings is 1. The fourth-order valence-corrected chi connectivity index (χ4v) is 2.78. The van der Waals surface area contributed by atoms with E-state index < -0.39 is 15.8 Å². The molecule has 0 saturated carbocycles. The number of aromatic amines is 1. The summed E-state index contributed by atoms with van der Waals surface area (Å²) >= 11 is 3.03. The molecule has 0 unspecified atom stereocenters. The summed E-state index contributed by atoms with van der Waals surface area (Å²) in [5.41, 5.74) is 0.548. The molecule has 0 amide bonds. The van der Waals surface area contributed by atoms with E-state index in [-0.39, 0.29) is 20.5 Å². The number of halogens is 1. The van der Waals surface area contributed by atoms with Crippen molar-refractivity contribution in [2.24, 2.45) is 5.14 Å². The summed E-state index contributed by atoms with van der Waals surface area (Å²) in [4.78, 5) is 13.1. The van der Waals surface area contributed by atoms with Gasteiger partial charge in [-0.15, -0.1) is 0 Å². The summed E-state index contributed by atoms with van der Waals surface area (Å²) in [5.74, 6) is -0.650. The maximum absolute atomic E-state index is 11.1. The molecule has 1 heterocycles. The monoisotopic (exact) mass is 292 g/mol. The summed E-state index contributed by atoms with van der Waals surface area (Å²) in [7, 11) is -3.83. The van der Waals surface area contributed by atoms with Crippen molar-refractivity contribution in [2.45, 2.75) is 4.90 Å². The van der Waals surface area contributed by atoms with Crippen molar-refractivity contribution in [3.8, 4) is 0 Å². The van der Waals surface area contributed by atoms with Gasteiger partial charge in [-0.05, 0) is 28.1 Å². The smallest absolute Gasteiger partial charge is 0.408 e. The molecule has 8 heteroatoms. The Hall–Kier alpha value is -1.12.